The van der Waals surface area contributed by atoms with Gasteiger partial charge in [0.25, 0.3) is 0 Å². The predicted molar refractivity (Wildman–Crippen MR) is 49.2 cm³/mol. The predicted octanol–water partition coefficient (Wildman–Crippen LogP) is 1.91. The second-order valence-corrected chi connectivity index (χ2v) is 4.59. The Balaban J connectivity index is 2.25. The van der Waals surface area contributed by atoms with Gasteiger partial charge in [-0.05, 0) is 39.4 Å². The molecule has 1 aliphatic rings. The summed E-state index contributed by atoms with van der Waals surface area (Å²) in [4.78, 5) is 2.43. The summed E-state index contributed by atoms with van der Waals surface area (Å²) in [5.74, 6) is 0. The first-order valence-corrected chi connectivity index (χ1v) is 4.86. The van der Waals surface area contributed by atoms with E-state index in [4.69, 9.17) is 0 Å². The number of alkyl halides is 1. The lowest BCUT2D eigenvalue weighted by Gasteiger charge is -2.10. The van der Waals surface area contributed by atoms with E-state index in [-0.39, 0.29) is 0 Å². The van der Waals surface area contributed by atoms with Crippen LogP contribution < -0.4 is 0 Å². The minimum Gasteiger partial charge on any atom is -0.306 e. The number of hydrogen-bond donors (Lipinski definition) is 0. The van der Waals surface area contributed by atoms with Gasteiger partial charge >= 0.3 is 0 Å². The monoisotopic (exact) mass is 239 g/mol. The van der Waals surface area contributed by atoms with Gasteiger partial charge < -0.3 is 4.90 Å². The summed E-state index contributed by atoms with van der Waals surface area (Å²) in [6.45, 7) is 2.60. The molecule has 0 aromatic rings. The zero-order chi connectivity index (χ0) is 6.69. The van der Waals surface area contributed by atoms with E-state index in [0.29, 0.717) is 0 Å². The molecule has 54 valence electrons. The van der Waals surface area contributed by atoms with Crippen LogP contribution in [0.1, 0.15) is 19.3 Å². The molecule has 9 heavy (non-hydrogen) atoms. The van der Waals surface area contributed by atoms with Crippen LogP contribution in [0.25, 0.3) is 0 Å². The van der Waals surface area contributed by atoms with E-state index in [2.05, 4.69) is 34.5 Å². The Labute approximate surface area is 70.9 Å². The molecule has 0 N–H and O–H groups in total. The largest absolute Gasteiger partial charge is 0.306 e. The van der Waals surface area contributed by atoms with E-state index in [0.717, 1.165) is 3.92 Å². The molecule has 0 aliphatic carbocycles. The fourth-order valence-corrected chi connectivity index (χ4v) is 1.92. The molecular weight excluding hydrogens is 225 g/mol. The standard InChI is InChI=1S/C7H14IN/c1-9-5-2-3-7(8)4-6-9/h7H,2-6H2,1H3. The van der Waals surface area contributed by atoms with Gasteiger partial charge in [0.1, 0.15) is 0 Å². The van der Waals surface area contributed by atoms with E-state index >= 15 is 0 Å². The molecule has 1 aliphatic heterocycles. The van der Waals surface area contributed by atoms with Crippen LogP contribution in [0, 0.1) is 0 Å². The van der Waals surface area contributed by atoms with Crippen LogP contribution in [0.5, 0.6) is 0 Å². The van der Waals surface area contributed by atoms with Gasteiger partial charge in [0.05, 0.1) is 0 Å². The summed E-state index contributed by atoms with van der Waals surface area (Å²) >= 11 is 2.56. The SMILES string of the molecule is CN1CCCC(I)CC1. The maximum absolute atomic E-state index is 2.56. The maximum Gasteiger partial charge on any atom is 0.0122 e. The fourth-order valence-electron chi connectivity index (χ4n) is 1.20. The summed E-state index contributed by atoms with van der Waals surface area (Å²) < 4.78 is 0.938. The lowest BCUT2D eigenvalue weighted by Crippen LogP contribution is -2.18. The van der Waals surface area contributed by atoms with Crippen LogP contribution in [-0.2, 0) is 0 Å². The van der Waals surface area contributed by atoms with Crippen molar-refractivity contribution in [3.05, 3.63) is 0 Å². The van der Waals surface area contributed by atoms with Gasteiger partial charge in [-0.3, -0.25) is 0 Å². The first kappa shape index (κ1) is 7.79. The molecule has 1 heterocycles. The highest BCUT2D eigenvalue weighted by molar-refractivity contribution is 14.1. The maximum atomic E-state index is 2.56. The van der Waals surface area contributed by atoms with Crippen molar-refractivity contribution in [2.75, 3.05) is 20.1 Å². The molecule has 0 bridgehead atoms. The van der Waals surface area contributed by atoms with Gasteiger partial charge in [-0.1, -0.05) is 22.6 Å². The van der Waals surface area contributed by atoms with E-state index in [1.807, 2.05) is 0 Å². The highest BCUT2D eigenvalue weighted by Crippen LogP contribution is 2.16. The number of nitrogens with zero attached hydrogens (tertiary/aromatic N) is 1. The van der Waals surface area contributed by atoms with Crippen molar-refractivity contribution < 1.29 is 0 Å². The summed E-state index contributed by atoms with van der Waals surface area (Å²) in [6.07, 6.45) is 4.20. The third-order valence-corrected chi connectivity index (χ3v) is 3.13. The van der Waals surface area contributed by atoms with Gasteiger partial charge in [-0.15, -0.1) is 0 Å². The van der Waals surface area contributed by atoms with Gasteiger partial charge in [0.15, 0.2) is 0 Å². The molecule has 1 unspecified atom stereocenters. The Bertz CT molecular complexity index is 75.0. The molecule has 2 heteroatoms. The molecule has 1 rings (SSSR count). The molecule has 1 nitrogen and oxygen atoms in total. The van der Waals surface area contributed by atoms with Crippen LogP contribution in [0.2, 0.25) is 0 Å². The van der Waals surface area contributed by atoms with Crippen LogP contribution in [-0.4, -0.2) is 29.0 Å². The zero-order valence-electron chi connectivity index (χ0n) is 5.94. The number of halogens is 1. The molecule has 0 aromatic heterocycles. The van der Waals surface area contributed by atoms with Crippen LogP contribution in [0.15, 0.2) is 0 Å². The Morgan fingerprint density at radius 3 is 2.89 bits per heavy atom. The van der Waals surface area contributed by atoms with Gasteiger partial charge in [-0.2, -0.15) is 0 Å². The number of rotatable bonds is 0. The van der Waals surface area contributed by atoms with Crippen molar-refractivity contribution in [1.82, 2.24) is 4.90 Å². The second-order valence-electron chi connectivity index (χ2n) is 2.83. The number of likely N-dealkylation sites (tertiary alicyclic amines) is 1. The van der Waals surface area contributed by atoms with E-state index in [1.54, 1.807) is 0 Å². The Hall–Kier alpha value is 0.690. The fraction of sp³-hybridized carbons (Fsp3) is 1.00. The van der Waals surface area contributed by atoms with Crippen molar-refractivity contribution in [3.63, 3.8) is 0 Å². The third kappa shape index (κ3) is 2.85. The zero-order valence-corrected chi connectivity index (χ0v) is 8.10. The topological polar surface area (TPSA) is 3.24 Å². The summed E-state index contributed by atoms with van der Waals surface area (Å²) in [5.41, 5.74) is 0. The van der Waals surface area contributed by atoms with E-state index in [9.17, 15) is 0 Å². The highest BCUT2D eigenvalue weighted by Gasteiger charge is 2.10. The average molecular weight is 239 g/mol. The molecule has 0 saturated carbocycles. The lowest BCUT2D eigenvalue weighted by atomic mass is 10.2. The van der Waals surface area contributed by atoms with E-state index < -0.39 is 0 Å². The Morgan fingerprint density at radius 2 is 2.11 bits per heavy atom. The van der Waals surface area contributed by atoms with E-state index in [1.165, 1.54) is 32.4 Å². The quantitative estimate of drug-likeness (QED) is 0.461. The van der Waals surface area contributed by atoms with Crippen molar-refractivity contribution in [2.24, 2.45) is 0 Å². The normalized spacial score (nSPS) is 32.0. The molecule has 0 spiro atoms. The molecular formula is C7H14IN. The van der Waals surface area contributed by atoms with Gasteiger partial charge in [0, 0.05) is 3.92 Å². The molecule has 1 fully saturated rings. The molecule has 1 atom stereocenters. The Morgan fingerprint density at radius 1 is 1.33 bits per heavy atom. The van der Waals surface area contributed by atoms with Crippen molar-refractivity contribution >= 4 is 22.6 Å². The van der Waals surface area contributed by atoms with Crippen molar-refractivity contribution in [2.45, 2.75) is 23.2 Å². The first-order valence-electron chi connectivity index (χ1n) is 3.61. The van der Waals surface area contributed by atoms with Crippen LogP contribution >= 0.6 is 22.6 Å². The lowest BCUT2D eigenvalue weighted by molar-refractivity contribution is 0.350. The third-order valence-electron chi connectivity index (χ3n) is 1.88. The van der Waals surface area contributed by atoms with Crippen molar-refractivity contribution in [3.8, 4) is 0 Å². The smallest absolute Gasteiger partial charge is 0.0122 e. The molecule has 1 saturated heterocycles. The molecule has 0 aromatic carbocycles. The summed E-state index contributed by atoms with van der Waals surface area (Å²) in [6, 6.07) is 0. The Kier molecular flexibility index (Phi) is 3.26. The summed E-state index contributed by atoms with van der Waals surface area (Å²) in [7, 11) is 2.22. The summed E-state index contributed by atoms with van der Waals surface area (Å²) in [5, 5.41) is 0. The first-order chi connectivity index (χ1) is 4.29. The minimum absolute atomic E-state index is 0.938. The van der Waals surface area contributed by atoms with Crippen molar-refractivity contribution in [1.29, 1.82) is 0 Å². The average Bonchev–Trinajstić information content (AvgIpc) is 1.97. The minimum atomic E-state index is 0.938. The van der Waals surface area contributed by atoms with Crippen LogP contribution in [0.4, 0.5) is 0 Å². The second kappa shape index (κ2) is 3.76. The molecule has 0 radical (unpaired) electrons. The van der Waals surface area contributed by atoms with Gasteiger partial charge in [-0.25, -0.2) is 0 Å². The number of hydrogen-bond acceptors (Lipinski definition) is 1. The van der Waals surface area contributed by atoms with Gasteiger partial charge in [0.2, 0.25) is 0 Å². The van der Waals surface area contributed by atoms with Crippen LogP contribution in [0.3, 0.4) is 0 Å². The highest BCUT2D eigenvalue weighted by atomic mass is 127. The molecule has 0 amide bonds.